The van der Waals surface area contributed by atoms with Gasteiger partial charge in [0.05, 0.1) is 16.7 Å². The molecule has 0 aliphatic carbocycles. The molecule has 2 aromatic heterocycles. The van der Waals surface area contributed by atoms with E-state index in [0.29, 0.717) is 12.6 Å². The van der Waals surface area contributed by atoms with Crippen molar-refractivity contribution in [2.45, 2.75) is 38.3 Å². The molecule has 2 saturated heterocycles. The van der Waals surface area contributed by atoms with Crippen LogP contribution in [-0.2, 0) is 6.42 Å². The molecule has 7 heteroatoms. The minimum absolute atomic E-state index is 0.151. The highest BCUT2D eigenvalue weighted by Crippen LogP contribution is 2.28. The highest BCUT2D eigenvalue weighted by atomic mass is 32.1. The number of carbonyl (C=O) groups excluding carboxylic acids is 1. The lowest BCUT2D eigenvalue weighted by atomic mass is 10.00. The summed E-state index contributed by atoms with van der Waals surface area (Å²) >= 11 is 1.51. The van der Waals surface area contributed by atoms with Crippen LogP contribution in [0.15, 0.2) is 28.1 Å². The zero-order valence-electron chi connectivity index (χ0n) is 15.0. The van der Waals surface area contributed by atoms with Crippen LogP contribution >= 0.6 is 11.3 Å². The number of rotatable bonds is 4. The van der Waals surface area contributed by atoms with Crippen LogP contribution in [0, 0.1) is 12.8 Å². The second-order valence-corrected chi connectivity index (χ2v) is 8.37. The molecule has 0 spiro atoms. The van der Waals surface area contributed by atoms with Gasteiger partial charge in [-0.05, 0) is 31.2 Å². The van der Waals surface area contributed by atoms with Crippen molar-refractivity contribution in [2.75, 3.05) is 26.2 Å². The minimum Gasteiger partial charge on any atom is -0.391 e. The van der Waals surface area contributed by atoms with Gasteiger partial charge in [0.1, 0.15) is 5.76 Å². The number of aryl methyl sites for hydroxylation is 1. The first kappa shape index (κ1) is 17.7. The Labute approximate surface area is 157 Å². The molecule has 2 aromatic rings. The summed E-state index contributed by atoms with van der Waals surface area (Å²) in [5.41, 5.74) is 0.882. The van der Waals surface area contributed by atoms with E-state index in [0.717, 1.165) is 55.2 Å². The summed E-state index contributed by atoms with van der Waals surface area (Å²) in [7, 11) is 0. The molecule has 2 aliphatic heterocycles. The average molecular weight is 375 g/mol. The van der Waals surface area contributed by atoms with Crippen molar-refractivity contribution in [3.05, 3.63) is 39.9 Å². The predicted molar refractivity (Wildman–Crippen MR) is 99.3 cm³/mol. The van der Waals surface area contributed by atoms with Crippen molar-refractivity contribution in [2.24, 2.45) is 5.92 Å². The van der Waals surface area contributed by atoms with E-state index in [-0.39, 0.29) is 17.9 Å². The van der Waals surface area contributed by atoms with Gasteiger partial charge in [-0.15, -0.1) is 11.3 Å². The van der Waals surface area contributed by atoms with Gasteiger partial charge in [0, 0.05) is 50.6 Å². The van der Waals surface area contributed by atoms with Crippen LogP contribution in [-0.4, -0.2) is 64.3 Å². The van der Waals surface area contributed by atoms with Gasteiger partial charge in [-0.3, -0.25) is 9.69 Å². The Kier molecular flexibility index (Phi) is 5.11. The zero-order valence-corrected chi connectivity index (χ0v) is 15.8. The number of hydrogen-bond donors (Lipinski definition) is 1. The van der Waals surface area contributed by atoms with Crippen LogP contribution in [0.1, 0.15) is 34.0 Å². The molecule has 0 saturated carbocycles. The third kappa shape index (κ3) is 3.70. The second-order valence-electron chi connectivity index (χ2n) is 7.42. The van der Waals surface area contributed by atoms with Crippen LogP contribution in [0.25, 0.3) is 0 Å². The molecule has 2 atom stereocenters. The maximum atomic E-state index is 12.5. The largest absolute Gasteiger partial charge is 0.391 e. The Morgan fingerprint density at radius 1 is 1.38 bits per heavy atom. The smallest absolute Gasteiger partial charge is 0.263 e. The topological polar surface area (TPSA) is 69.8 Å². The van der Waals surface area contributed by atoms with Gasteiger partial charge >= 0.3 is 0 Å². The zero-order chi connectivity index (χ0) is 18.1. The first-order valence-electron chi connectivity index (χ1n) is 9.27. The normalized spacial score (nSPS) is 25.1. The van der Waals surface area contributed by atoms with Gasteiger partial charge in [-0.1, -0.05) is 11.2 Å². The molecule has 0 radical (unpaired) electrons. The Hall–Kier alpha value is -1.70. The number of β-amino-alcohol motifs (C(OH)–C–C–N with tert-alkyl or cyclic N) is 1. The summed E-state index contributed by atoms with van der Waals surface area (Å²) in [5, 5.41) is 16.3. The molecule has 6 nitrogen and oxygen atoms in total. The van der Waals surface area contributed by atoms with E-state index >= 15 is 0 Å². The molecule has 0 bridgehead atoms. The van der Waals surface area contributed by atoms with Crippen molar-refractivity contribution in [1.82, 2.24) is 15.0 Å². The van der Waals surface area contributed by atoms with Gasteiger partial charge < -0.3 is 14.5 Å². The summed E-state index contributed by atoms with van der Waals surface area (Å²) in [5.74, 6) is 1.19. The van der Waals surface area contributed by atoms with Crippen LogP contribution in [0.2, 0.25) is 0 Å². The van der Waals surface area contributed by atoms with Crippen LogP contribution in [0.3, 0.4) is 0 Å². The SMILES string of the molecule is Cc1cc(CC2CN(C3CCN(C(=O)c4cccs4)CC3)CC2O)on1. The van der Waals surface area contributed by atoms with E-state index in [4.69, 9.17) is 4.52 Å². The minimum atomic E-state index is -0.328. The number of piperidine rings is 1. The number of carbonyl (C=O) groups is 1. The van der Waals surface area contributed by atoms with Crippen molar-refractivity contribution >= 4 is 17.2 Å². The monoisotopic (exact) mass is 375 g/mol. The van der Waals surface area contributed by atoms with Crippen LogP contribution in [0.5, 0.6) is 0 Å². The maximum absolute atomic E-state index is 12.5. The number of hydrogen-bond acceptors (Lipinski definition) is 6. The van der Waals surface area contributed by atoms with Crippen molar-refractivity contribution in [3.63, 3.8) is 0 Å². The summed E-state index contributed by atoms with van der Waals surface area (Å²) in [6.45, 7) is 5.08. The molecule has 2 unspecified atom stereocenters. The fourth-order valence-corrected chi connectivity index (χ4v) is 4.84. The number of aliphatic hydroxyl groups excluding tert-OH is 1. The molecule has 4 rings (SSSR count). The first-order valence-corrected chi connectivity index (χ1v) is 10.1. The predicted octanol–water partition coefficient (Wildman–Crippen LogP) is 2.18. The quantitative estimate of drug-likeness (QED) is 0.887. The Morgan fingerprint density at radius 3 is 2.85 bits per heavy atom. The van der Waals surface area contributed by atoms with E-state index in [1.165, 1.54) is 11.3 Å². The van der Waals surface area contributed by atoms with Gasteiger partial charge in [0.2, 0.25) is 0 Å². The third-order valence-electron chi connectivity index (χ3n) is 5.57. The van der Waals surface area contributed by atoms with Gasteiger partial charge in [-0.25, -0.2) is 0 Å². The van der Waals surface area contributed by atoms with Crippen LogP contribution in [0.4, 0.5) is 0 Å². The molecule has 2 aliphatic rings. The standard InChI is InChI=1S/C19H25N3O3S/c1-13-9-16(25-20-13)10-14-11-22(12-17(14)23)15-4-6-21(7-5-15)19(24)18-3-2-8-26-18/h2-3,8-9,14-15,17,23H,4-7,10-12H2,1H3. The van der Waals surface area contributed by atoms with Gasteiger partial charge in [0.25, 0.3) is 5.91 Å². The molecule has 4 heterocycles. The molecular weight excluding hydrogens is 350 g/mol. The van der Waals surface area contributed by atoms with Gasteiger partial charge in [-0.2, -0.15) is 0 Å². The Morgan fingerprint density at radius 2 is 2.19 bits per heavy atom. The van der Waals surface area contributed by atoms with E-state index in [9.17, 15) is 9.90 Å². The lowest BCUT2D eigenvalue weighted by Crippen LogP contribution is -2.46. The van der Waals surface area contributed by atoms with E-state index in [1.54, 1.807) is 0 Å². The average Bonchev–Trinajstić information content (AvgIpc) is 3.38. The highest BCUT2D eigenvalue weighted by molar-refractivity contribution is 7.12. The summed E-state index contributed by atoms with van der Waals surface area (Å²) in [6.07, 6.45) is 2.34. The fourth-order valence-electron chi connectivity index (χ4n) is 4.15. The highest BCUT2D eigenvalue weighted by Gasteiger charge is 2.37. The molecule has 1 amide bonds. The first-order chi connectivity index (χ1) is 12.6. The Balaban J connectivity index is 1.30. The number of thiophene rings is 1. The molecular formula is C19H25N3O3S. The van der Waals surface area contributed by atoms with Gasteiger partial charge in [0.15, 0.2) is 0 Å². The number of aliphatic hydroxyl groups is 1. The number of nitrogens with zero attached hydrogens (tertiary/aromatic N) is 3. The van der Waals surface area contributed by atoms with Crippen molar-refractivity contribution < 1.29 is 14.4 Å². The lowest BCUT2D eigenvalue weighted by molar-refractivity contribution is 0.0632. The summed E-state index contributed by atoms with van der Waals surface area (Å²) < 4.78 is 5.31. The molecule has 2 fully saturated rings. The summed E-state index contributed by atoms with van der Waals surface area (Å²) in [4.78, 5) is 17.6. The number of aromatic nitrogens is 1. The fraction of sp³-hybridized carbons (Fsp3) is 0.579. The van der Waals surface area contributed by atoms with E-state index in [2.05, 4.69) is 10.1 Å². The molecule has 0 aromatic carbocycles. The lowest BCUT2D eigenvalue weighted by Gasteiger charge is -2.36. The maximum Gasteiger partial charge on any atom is 0.263 e. The van der Waals surface area contributed by atoms with E-state index in [1.807, 2.05) is 35.4 Å². The Bertz CT molecular complexity index is 737. The van der Waals surface area contributed by atoms with Crippen molar-refractivity contribution in [3.8, 4) is 0 Å². The molecule has 1 N–H and O–H groups in total. The summed E-state index contributed by atoms with van der Waals surface area (Å²) in [6, 6.07) is 6.21. The van der Waals surface area contributed by atoms with E-state index < -0.39 is 0 Å². The van der Waals surface area contributed by atoms with Crippen molar-refractivity contribution in [1.29, 1.82) is 0 Å². The second kappa shape index (κ2) is 7.50. The van der Waals surface area contributed by atoms with Crippen LogP contribution < -0.4 is 0 Å². The third-order valence-corrected chi connectivity index (χ3v) is 6.43. The molecule has 26 heavy (non-hydrogen) atoms. The molecule has 140 valence electrons. The number of amides is 1. The number of likely N-dealkylation sites (tertiary alicyclic amines) is 2.